The van der Waals surface area contributed by atoms with Crippen LogP contribution in [-0.2, 0) is 5.41 Å². The van der Waals surface area contributed by atoms with Gasteiger partial charge in [-0.25, -0.2) is 0 Å². The number of aromatic nitrogens is 3. The minimum absolute atomic E-state index is 0.342. The molecule has 129 heavy (non-hydrogen) atoms. The summed E-state index contributed by atoms with van der Waals surface area (Å²) in [4.78, 5) is 0. The molecule has 0 radical (unpaired) electrons. The summed E-state index contributed by atoms with van der Waals surface area (Å²) in [6.07, 6.45) is 0. The standard InChI is InChI=1S/C49H30BrN.2C36H22BrNS/c50-35-14-10-13-33(28-35)31-11-9-12-32(27-31)34-23-25-41-40-18-4-8-22-47(40)51(48(41)29-34)36-24-26-46-42(30-36)39-17-3-7-21-45(39)49(46)43-19-5-1-15-37(43)38-16-2-6-20-44(38)49;37-27-10-6-9-25(20-27)23-7-5-8-24(19-23)26-15-17-30-29-11-1-3-13-33(29)38(34(30)21-26)28-16-18-36-32(22-28)31-12-2-4-14-35(31)39-36;37-27-10-6-9-25(20-27)23-7-5-8-24(19-23)26-15-17-30-29-11-1-3-13-33(29)38(34(30)21-26)28-16-18-32-31-12-2-4-14-35(31)39-36(32)22-28/h1-30H;2*1-22H. The van der Waals surface area contributed by atoms with E-state index < -0.39 is 0 Å². The van der Waals surface area contributed by atoms with Crippen LogP contribution in [-0.4, -0.2) is 13.7 Å². The van der Waals surface area contributed by atoms with Crippen molar-refractivity contribution in [1.29, 1.82) is 0 Å². The summed E-state index contributed by atoms with van der Waals surface area (Å²) in [5, 5.41) is 12.9. The minimum Gasteiger partial charge on any atom is -0.309 e. The zero-order chi connectivity index (χ0) is 85.5. The van der Waals surface area contributed by atoms with E-state index >= 15 is 0 Å². The van der Waals surface area contributed by atoms with Crippen molar-refractivity contribution < 1.29 is 0 Å². The van der Waals surface area contributed by atoms with Gasteiger partial charge in [-0.05, 0) is 257 Å². The Balaban J connectivity index is 0.000000106. The van der Waals surface area contributed by atoms with Gasteiger partial charge in [0.2, 0.25) is 0 Å². The average molecular weight is 1870 g/mol. The van der Waals surface area contributed by atoms with E-state index in [9.17, 15) is 0 Å². The van der Waals surface area contributed by atoms with Gasteiger partial charge in [0.25, 0.3) is 0 Å². The summed E-state index contributed by atoms with van der Waals surface area (Å²) in [7, 11) is 0. The maximum absolute atomic E-state index is 3.65. The highest BCUT2D eigenvalue weighted by Crippen LogP contribution is 2.63. The fourth-order valence-electron chi connectivity index (χ4n) is 20.9. The lowest BCUT2D eigenvalue weighted by Gasteiger charge is -2.30. The van der Waals surface area contributed by atoms with Gasteiger partial charge in [0, 0.05) is 103 Å². The predicted molar refractivity (Wildman–Crippen MR) is 560 cm³/mol. The second-order valence-electron chi connectivity index (χ2n) is 33.7. The Bertz CT molecular complexity index is 8860. The number of fused-ring (bicyclic) bond motifs is 25. The Labute approximate surface area is 779 Å². The molecule has 0 amide bonds. The van der Waals surface area contributed by atoms with Crippen molar-refractivity contribution in [3.63, 3.8) is 0 Å². The number of halogens is 3. The molecule has 8 heteroatoms. The van der Waals surface area contributed by atoms with Crippen LogP contribution < -0.4 is 0 Å². The zero-order valence-corrected chi connectivity index (χ0v) is 75.9. The highest BCUT2D eigenvalue weighted by atomic mass is 79.9. The topological polar surface area (TPSA) is 14.8 Å². The van der Waals surface area contributed by atoms with Gasteiger partial charge >= 0.3 is 0 Å². The van der Waals surface area contributed by atoms with Crippen LogP contribution in [0.15, 0.2) is 462 Å². The Hall–Kier alpha value is -14.3. The molecule has 0 fully saturated rings. The van der Waals surface area contributed by atoms with Crippen LogP contribution in [0.1, 0.15) is 22.3 Å². The SMILES string of the molecule is Brc1cccc(-c2cccc(-c3ccc4c5ccccc5n(-c5ccc6c(c5)-c5ccccc5C65c6ccccc6-c6ccccc65)c4c3)c2)c1.Brc1cccc(-c2cccc(-c3ccc4c5ccccc5n(-c5ccc6c(c5)sc5ccccc56)c4c3)c2)c1.Brc1cccc(-c2cccc(-c3ccc4c5ccccc5n(-c5ccc6sc7ccccc7c6c5)c4c3)c2)c1. The van der Waals surface area contributed by atoms with Crippen molar-refractivity contribution >= 4 is 176 Å². The molecule has 0 bridgehead atoms. The Morgan fingerprint density at radius 2 is 0.442 bits per heavy atom. The first-order valence-electron chi connectivity index (χ1n) is 43.6. The van der Waals surface area contributed by atoms with Crippen LogP contribution >= 0.6 is 70.5 Å². The number of hydrogen-bond acceptors (Lipinski definition) is 2. The number of para-hydroxylation sites is 3. The molecule has 0 saturated carbocycles. The summed E-state index contributed by atoms with van der Waals surface area (Å²) >= 11 is 14.6. The first-order valence-corrected chi connectivity index (χ1v) is 47.6. The highest BCUT2D eigenvalue weighted by Gasteiger charge is 2.51. The van der Waals surface area contributed by atoms with Crippen LogP contribution in [0.25, 0.3) is 212 Å². The van der Waals surface area contributed by atoms with Crippen molar-refractivity contribution in [2.45, 2.75) is 5.41 Å². The number of benzene rings is 20. The van der Waals surface area contributed by atoms with Gasteiger partial charge in [-0.1, -0.05) is 351 Å². The van der Waals surface area contributed by atoms with E-state index in [1.807, 2.05) is 22.7 Å². The van der Waals surface area contributed by atoms with E-state index in [2.05, 4.69) is 510 Å². The van der Waals surface area contributed by atoms with Gasteiger partial charge in [-0.2, -0.15) is 0 Å². The van der Waals surface area contributed by atoms with Gasteiger partial charge in [0.1, 0.15) is 0 Å². The summed E-state index contributed by atoms with van der Waals surface area (Å²) < 4.78 is 15.9. The third-order valence-corrected chi connectivity index (χ3v) is 30.3. The predicted octanol–water partition coefficient (Wildman–Crippen LogP) is 35.7. The molecule has 5 heterocycles. The maximum Gasteiger partial charge on any atom is 0.0725 e. The quantitative estimate of drug-likeness (QED) is 0.137. The first-order chi connectivity index (χ1) is 63.6. The van der Waals surface area contributed by atoms with Crippen LogP contribution in [0.3, 0.4) is 0 Å². The molecular weight excluding hydrogens is 1800 g/mol. The van der Waals surface area contributed by atoms with E-state index in [1.54, 1.807) is 0 Å². The van der Waals surface area contributed by atoms with Crippen LogP contribution in [0.4, 0.5) is 0 Å². The smallest absolute Gasteiger partial charge is 0.0725 e. The molecular formula is C121H74Br3N3S2. The molecule has 0 saturated heterocycles. The molecule has 27 rings (SSSR count). The van der Waals surface area contributed by atoms with Gasteiger partial charge in [-0.3, -0.25) is 0 Å². The van der Waals surface area contributed by atoms with Crippen molar-refractivity contribution in [1.82, 2.24) is 13.7 Å². The van der Waals surface area contributed by atoms with E-state index in [0.717, 1.165) is 13.4 Å². The van der Waals surface area contributed by atoms with Gasteiger partial charge in [0.05, 0.1) is 38.5 Å². The number of rotatable bonds is 9. The molecule has 3 nitrogen and oxygen atoms in total. The fourth-order valence-corrected chi connectivity index (χ4v) is 24.3. The van der Waals surface area contributed by atoms with Crippen molar-refractivity contribution in [3.8, 4) is 106 Å². The molecule has 2 aliphatic carbocycles. The summed E-state index contributed by atoms with van der Waals surface area (Å²) in [6, 6.07) is 165. The van der Waals surface area contributed by atoms with Gasteiger partial charge in [0.15, 0.2) is 0 Å². The van der Waals surface area contributed by atoms with Crippen LogP contribution in [0.2, 0.25) is 0 Å². The summed E-state index contributed by atoms with van der Waals surface area (Å²) in [6.45, 7) is 0. The largest absolute Gasteiger partial charge is 0.309 e. The van der Waals surface area contributed by atoms with E-state index in [1.165, 1.54) is 234 Å². The Morgan fingerprint density at radius 1 is 0.163 bits per heavy atom. The molecule has 0 aliphatic heterocycles. The molecule has 0 N–H and O–H groups in total. The van der Waals surface area contributed by atoms with Gasteiger partial charge in [-0.15, -0.1) is 22.7 Å². The molecule has 20 aromatic carbocycles. The van der Waals surface area contributed by atoms with E-state index in [0.29, 0.717) is 0 Å². The summed E-state index contributed by atoms with van der Waals surface area (Å²) in [5.41, 5.74) is 35.8. The summed E-state index contributed by atoms with van der Waals surface area (Å²) in [5.74, 6) is 0. The normalized spacial score (nSPS) is 12.4. The lowest BCUT2D eigenvalue weighted by Crippen LogP contribution is -2.25. The zero-order valence-electron chi connectivity index (χ0n) is 69.5. The van der Waals surface area contributed by atoms with Crippen molar-refractivity contribution in [2.24, 2.45) is 0 Å². The number of nitrogens with zero attached hydrogens (tertiary/aromatic N) is 3. The monoisotopic (exact) mass is 1870 g/mol. The number of thiophene rings is 2. The second kappa shape index (κ2) is 31.3. The molecule has 1 spiro atoms. The van der Waals surface area contributed by atoms with Crippen LogP contribution in [0, 0.1) is 0 Å². The molecule has 606 valence electrons. The Morgan fingerprint density at radius 3 is 0.868 bits per heavy atom. The van der Waals surface area contributed by atoms with E-state index in [4.69, 9.17) is 0 Å². The maximum atomic E-state index is 3.65. The van der Waals surface area contributed by atoms with E-state index in [-0.39, 0.29) is 5.41 Å². The number of hydrogen-bond donors (Lipinski definition) is 0. The molecule has 25 aromatic rings. The molecule has 2 aliphatic rings. The minimum atomic E-state index is -0.342. The lowest BCUT2D eigenvalue weighted by molar-refractivity contribution is 0.793. The fraction of sp³-hybridized carbons (Fsp3) is 0.00826. The third-order valence-electron chi connectivity index (χ3n) is 26.6. The average Bonchev–Trinajstić information content (AvgIpc) is 1.50. The molecule has 0 unspecified atom stereocenters. The second-order valence-corrected chi connectivity index (χ2v) is 38.6. The highest BCUT2D eigenvalue weighted by molar-refractivity contribution is 9.11. The first kappa shape index (κ1) is 77.1. The third kappa shape index (κ3) is 12.9. The molecule has 5 aromatic heterocycles. The molecule has 0 atom stereocenters. The van der Waals surface area contributed by atoms with Gasteiger partial charge < -0.3 is 13.7 Å². The van der Waals surface area contributed by atoms with Crippen molar-refractivity contribution in [3.05, 3.63) is 485 Å². The van der Waals surface area contributed by atoms with Crippen molar-refractivity contribution in [2.75, 3.05) is 0 Å². The Kier molecular flexibility index (Phi) is 18.7. The van der Waals surface area contributed by atoms with Crippen LogP contribution in [0.5, 0.6) is 0 Å². The lowest BCUT2D eigenvalue weighted by atomic mass is 9.70.